The molecule has 1 atom stereocenters. The number of carbonyl (C=O) groups excluding carboxylic acids is 1. The molecule has 4 heteroatoms. The fraction of sp³-hybridized carbons (Fsp3) is 0.533. The molecule has 0 aliphatic carbocycles. The van der Waals surface area contributed by atoms with Crippen LogP contribution in [0.3, 0.4) is 0 Å². The second-order valence-electron chi connectivity index (χ2n) is 5.05. The standard InChI is InChI=1S/C15H24N2O2/c1-11(2)14(18)8-9-17-10-12-4-6-13(7-5-12)15(19)16-3/h4-7,11,14,17-18H,8-10H2,1-3H3,(H,16,19). The van der Waals surface area contributed by atoms with Gasteiger partial charge in [-0.3, -0.25) is 4.79 Å². The third kappa shape index (κ3) is 5.41. The van der Waals surface area contributed by atoms with Crippen molar-refractivity contribution in [2.24, 2.45) is 5.92 Å². The molecule has 1 unspecified atom stereocenters. The molecular formula is C15H24N2O2. The summed E-state index contributed by atoms with van der Waals surface area (Å²) >= 11 is 0. The molecule has 0 saturated carbocycles. The summed E-state index contributed by atoms with van der Waals surface area (Å²) in [6, 6.07) is 7.52. The van der Waals surface area contributed by atoms with Crippen molar-refractivity contribution in [2.75, 3.05) is 13.6 Å². The van der Waals surface area contributed by atoms with Gasteiger partial charge < -0.3 is 15.7 Å². The van der Waals surface area contributed by atoms with Gasteiger partial charge in [-0.2, -0.15) is 0 Å². The summed E-state index contributed by atoms with van der Waals surface area (Å²) in [4.78, 5) is 11.4. The van der Waals surface area contributed by atoms with Crippen LogP contribution in [0.2, 0.25) is 0 Å². The number of rotatable bonds is 7. The molecule has 3 N–H and O–H groups in total. The lowest BCUT2D eigenvalue weighted by atomic mass is 10.0. The number of benzene rings is 1. The summed E-state index contributed by atoms with van der Waals surface area (Å²) in [6.07, 6.45) is 0.511. The van der Waals surface area contributed by atoms with Crippen LogP contribution >= 0.6 is 0 Å². The second kappa shape index (κ2) is 7.92. The summed E-state index contributed by atoms with van der Waals surface area (Å²) in [6.45, 7) is 5.57. The number of amides is 1. The Hall–Kier alpha value is -1.39. The average molecular weight is 264 g/mol. The van der Waals surface area contributed by atoms with Gasteiger partial charge in [0.2, 0.25) is 0 Å². The summed E-state index contributed by atoms with van der Waals surface area (Å²) in [5.74, 6) is 0.230. The molecule has 0 radical (unpaired) electrons. The average Bonchev–Trinajstić information content (AvgIpc) is 2.43. The van der Waals surface area contributed by atoms with Gasteiger partial charge in [0.05, 0.1) is 6.10 Å². The predicted octanol–water partition coefficient (Wildman–Crippen LogP) is 1.54. The molecule has 0 heterocycles. The zero-order valence-corrected chi connectivity index (χ0v) is 11.9. The molecule has 0 fully saturated rings. The fourth-order valence-electron chi connectivity index (χ4n) is 1.73. The molecule has 1 amide bonds. The zero-order valence-electron chi connectivity index (χ0n) is 11.9. The molecule has 1 rings (SSSR count). The van der Waals surface area contributed by atoms with E-state index in [1.807, 2.05) is 38.1 Å². The lowest BCUT2D eigenvalue weighted by Gasteiger charge is -2.14. The highest BCUT2D eigenvalue weighted by Gasteiger charge is 2.08. The van der Waals surface area contributed by atoms with Crippen LogP contribution in [0, 0.1) is 5.92 Å². The molecule has 0 aliphatic heterocycles. The molecule has 0 aromatic heterocycles. The van der Waals surface area contributed by atoms with E-state index in [2.05, 4.69) is 10.6 Å². The van der Waals surface area contributed by atoms with Crippen molar-refractivity contribution in [3.05, 3.63) is 35.4 Å². The molecule has 0 saturated heterocycles. The number of aliphatic hydroxyl groups is 1. The lowest BCUT2D eigenvalue weighted by molar-refractivity contribution is 0.0963. The summed E-state index contributed by atoms with van der Waals surface area (Å²) in [5.41, 5.74) is 1.80. The van der Waals surface area contributed by atoms with Crippen molar-refractivity contribution in [3.8, 4) is 0 Å². The largest absolute Gasteiger partial charge is 0.393 e. The first-order chi connectivity index (χ1) is 9.04. The fourth-order valence-corrected chi connectivity index (χ4v) is 1.73. The Bertz CT molecular complexity index is 388. The van der Waals surface area contributed by atoms with Crippen LogP contribution in [0.25, 0.3) is 0 Å². The zero-order chi connectivity index (χ0) is 14.3. The first-order valence-corrected chi connectivity index (χ1v) is 6.74. The van der Waals surface area contributed by atoms with Crippen LogP contribution in [-0.2, 0) is 6.54 Å². The quantitative estimate of drug-likeness (QED) is 0.655. The van der Waals surface area contributed by atoms with E-state index in [-0.39, 0.29) is 12.0 Å². The Morgan fingerprint density at radius 2 is 1.89 bits per heavy atom. The van der Waals surface area contributed by atoms with Gasteiger partial charge in [-0.1, -0.05) is 26.0 Å². The van der Waals surface area contributed by atoms with Crippen molar-refractivity contribution in [3.63, 3.8) is 0 Å². The van der Waals surface area contributed by atoms with Gasteiger partial charge in [-0.05, 0) is 36.6 Å². The van der Waals surface area contributed by atoms with Crippen LogP contribution < -0.4 is 10.6 Å². The van der Waals surface area contributed by atoms with Crippen molar-refractivity contribution < 1.29 is 9.90 Å². The van der Waals surface area contributed by atoms with Gasteiger partial charge in [0.1, 0.15) is 0 Å². The molecule has 1 aromatic rings. The molecule has 4 nitrogen and oxygen atoms in total. The third-order valence-electron chi connectivity index (χ3n) is 3.16. The lowest BCUT2D eigenvalue weighted by Crippen LogP contribution is -2.23. The van der Waals surface area contributed by atoms with Crippen molar-refractivity contribution in [1.29, 1.82) is 0 Å². The van der Waals surface area contributed by atoms with Crippen molar-refractivity contribution >= 4 is 5.91 Å². The number of aliphatic hydroxyl groups excluding tert-OH is 1. The third-order valence-corrected chi connectivity index (χ3v) is 3.16. The molecule has 19 heavy (non-hydrogen) atoms. The van der Waals surface area contributed by atoms with Gasteiger partial charge in [0.15, 0.2) is 0 Å². The van der Waals surface area contributed by atoms with Crippen LogP contribution in [0.4, 0.5) is 0 Å². The molecular weight excluding hydrogens is 240 g/mol. The maximum atomic E-state index is 11.4. The Morgan fingerprint density at radius 1 is 1.26 bits per heavy atom. The molecule has 1 aromatic carbocycles. The van der Waals surface area contributed by atoms with Crippen molar-refractivity contribution in [2.45, 2.75) is 32.9 Å². The second-order valence-corrected chi connectivity index (χ2v) is 5.05. The maximum absolute atomic E-state index is 11.4. The number of carbonyl (C=O) groups is 1. The van der Waals surface area contributed by atoms with Gasteiger partial charge in [0.25, 0.3) is 5.91 Å². The number of hydrogen-bond donors (Lipinski definition) is 3. The van der Waals surface area contributed by atoms with Crippen molar-refractivity contribution in [1.82, 2.24) is 10.6 Å². The summed E-state index contributed by atoms with van der Waals surface area (Å²) < 4.78 is 0. The summed E-state index contributed by atoms with van der Waals surface area (Å²) in [5, 5.41) is 15.5. The van der Waals surface area contributed by atoms with Crippen LogP contribution in [0.1, 0.15) is 36.2 Å². The van der Waals surface area contributed by atoms with E-state index in [0.29, 0.717) is 11.5 Å². The Balaban J connectivity index is 2.32. The Morgan fingerprint density at radius 3 is 2.42 bits per heavy atom. The van der Waals surface area contributed by atoms with E-state index in [9.17, 15) is 9.90 Å². The Kier molecular flexibility index (Phi) is 6.53. The highest BCUT2D eigenvalue weighted by molar-refractivity contribution is 5.93. The normalized spacial score (nSPS) is 12.5. The topological polar surface area (TPSA) is 61.4 Å². The van der Waals surface area contributed by atoms with Crippen LogP contribution in [-0.4, -0.2) is 30.7 Å². The predicted molar refractivity (Wildman–Crippen MR) is 77.0 cm³/mol. The molecule has 106 valence electrons. The minimum absolute atomic E-state index is 0.0698. The van der Waals surface area contributed by atoms with Crippen LogP contribution in [0.5, 0.6) is 0 Å². The molecule has 0 bridgehead atoms. The first kappa shape index (κ1) is 15.7. The monoisotopic (exact) mass is 264 g/mol. The van der Waals surface area contributed by atoms with E-state index in [4.69, 9.17) is 0 Å². The molecule has 0 aliphatic rings. The van der Waals surface area contributed by atoms with Gasteiger partial charge in [-0.25, -0.2) is 0 Å². The van der Waals surface area contributed by atoms with E-state index >= 15 is 0 Å². The minimum Gasteiger partial charge on any atom is -0.393 e. The minimum atomic E-state index is -0.247. The van der Waals surface area contributed by atoms with Crippen LogP contribution in [0.15, 0.2) is 24.3 Å². The van der Waals surface area contributed by atoms with E-state index in [0.717, 1.165) is 25.1 Å². The van der Waals surface area contributed by atoms with E-state index < -0.39 is 0 Å². The van der Waals surface area contributed by atoms with Gasteiger partial charge in [0, 0.05) is 19.2 Å². The molecule has 0 spiro atoms. The smallest absolute Gasteiger partial charge is 0.251 e. The highest BCUT2D eigenvalue weighted by Crippen LogP contribution is 2.06. The number of hydrogen-bond acceptors (Lipinski definition) is 3. The van der Waals surface area contributed by atoms with Gasteiger partial charge in [-0.15, -0.1) is 0 Å². The Labute approximate surface area is 115 Å². The highest BCUT2D eigenvalue weighted by atomic mass is 16.3. The van der Waals surface area contributed by atoms with Gasteiger partial charge >= 0.3 is 0 Å². The van der Waals surface area contributed by atoms with E-state index in [1.54, 1.807) is 7.05 Å². The van der Waals surface area contributed by atoms with E-state index in [1.165, 1.54) is 0 Å². The SMILES string of the molecule is CNC(=O)c1ccc(CNCCC(O)C(C)C)cc1. The number of nitrogens with one attached hydrogen (secondary N) is 2. The maximum Gasteiger partial charge on any atom is 0.251 e. The first-order valence-electron chi connectivity index (χ1n) is 6.74. The summed E-state index contributed by atoms with van der Waals surface area (Å²) in [7, 11) is 1.62.